The Morgan fingerprint density at radius 1 is 1.47 bits per heavy atom. The zero-order chi connectivity index (χ0) is 10.9. The normalized spacial score (nSPS) is 30.7. The second-order valence-corrected chi connectivity index (χ2v) is 5.22. The van der Waals surface area contributed by atoms with Gasteiger partial charge in [0.2, 0.25) is 0 Å². The first kappa shape index (κ1) is 11.1. The second kappa shape index (κ2) is 4.24. The van der Waals surface area contributed by atoms with Crippen molar-refractivity contribution in [2.45, 2.75) is 30.8 Å². The van der Waals surface area contributed by atoms with Crippen molar-refractivity contribution < 1.29 is 5.11 Å². The van der Waals surface area contributed by atoms with Crippen molar-refractivity contribution in [1.29, 1.82) is 0 Å². The van der Waals surface area contributed by atoms with Crippen LogP contribution in [0.15, 0.2) is 28.7 Å². The molecule has 1 fully saturated rings. The van der Waals surface area contributed by atoms with Gasteiger partial charge >= 0.3 is 0 Å². The summed E-state index contributed by atoms with van der Waals surface area (Å²) in [5.41, 5.74) is 7.11. The lowest BCUT2D eigenvalue weighted by Crippen LogP contribution is -2.33. The average Bonchev–Trinajstić information content (AvgIpc) is 2.62. The molecule has 2 rings (SSSR count). The van der Waals surface area contributed by atoms with Gasteiger partial charge in [-0.25, -0.2) is 0 Å². The summed E-state index contributed by atoms with van der Waals surface area (Å²) in [6, 6.07) is 8.18. The first-order valence-corrected chi connectivity index (χ1v) is 6.10. The van der Waals surface area contributed by atoms with Crippen LogP contribution < -0.4 is 5.73 Å². The third-order valence-corrected chi connectivity index (χ3v) is 4.11. The highest BCUT2D eigenvalue weighted by atomic mass is 79.9. The molecule has 2 atom stereocenters. The largest absolute Gasteiger partial charge is 0.393 e. The average molecular weight is 270 g/mol. The lowest BCUT2D eigenvalue weighted by atomic mass is 9.79. The number of hydrogen-bond acceptors (Lipinski definition) is 2. The predicted molar refractivity (Wildman–Crippen MR) is 64.7 cm³/mol. The number of halogens is 1. The van der Waals surface area contributed by atoms with Crippen LogP contribution in [0.2, 0.25) is 0 Å². The van der Waals surface area contributed by atoms with Gasteiger partial charge in [-0.15, -0.1) is 0 Å². The number of aliphatic hydroxyl groups excluding tert-OH is 1. The molecule has 0 aliphatic heterocycles. The van der Waals surface area contributed by atoms with E-state index in [-0.39, 0.29) is 11.5 Å². The number of benzene rings is 1. The van der Waals surface area contributed by atoms with Crippen molar-refractivity contribution >= 4 is 15.9 Å². The van der Waals surface area contributed by atoms with Crippen molar-refractivity contribution in [2.24, 2.45) is 5.73 Å². The molecule has 1 aliphatic rings. The fraction of sp³-hybridized carbons (Fsp3) is 0.500. The van der Waals surface area contributed by atoms with E-state index in [1.807, 2.05) is 18.2 Å². The van der Waals surface area contributed by atoms with Gasteiger partial charge in [-0.05, 0) is 30.9 Å². The lowest BCUT2D eigenvalue weighted by Gasteiger charge is -2.29. The standard InChI is InChI=1S/C12H16BrNO/c13-11-4-2-1-3-10(11)12(8-14)6-5-9(15)7-12/h1-4,9,15H,5-8,14H2. The van der Waals surface area contributed by atoms with E-state index in [1.165, 1.54) is 5.56 Å². The Morgan fingerprint density at radius 2 is 2.20 bits per heavy atom. The van der Waals surface area contributed by atoms with Gasteiger partial charge in [0.05, 0.1) is 6.10 Å². The van der Waals surface area contributed by atoms with Crippen LogP contribution in [0.1, 0.15) is 24.8 Å². The molecule has 0 bridgehead atoms. The molecule has 3 N–H and O–H groups in total. The van der Waals surface area contributed by atoms with E-state index in [0.29, 0.717) is 6.54 Å². The van der Waals surface area contributed by atoms with E-state index >= 15 is 0 Å². The number of rotatable bonds is 2. The molecular formula is C12H16BrNO. The van der Waals surface area contributed by atoms with Crippen LogP contribution in [0.4, 0.5) is 0 Å². The molecule has 0 saturated heterocycles. The van der Waals surface area contributed by atoms with E-state index in [1.54, 1.807) is 0 Å². The number of aliphatic hydroxyl groups is 1. The van der Waals surface area contributed by atoms with Crippen molar-refractivity contribution in [1.82, 2.24) is 0 Å². The van der Waals surface area contributed by atoms with Crippen LogP contribution in [0.5, 0.6) is 0 Å². The summed E-state index contributed by atoms with van der Waals surface area (Å²) >= 11 is 3.57. The molecule has 2 unspecified atom stereocenters. The van der Waals surface area contributed by atoms with E-state index in [4.69, 9.17) is 5.73 Å². The SMILES string of the molecule is NCC1(c2ccccc2Br)CCC(O)C1. The summed E-state index contributed by atoms with van der Waals surface area (Å²) in [6.07, 6.45) is 2.43. The van der Waals surface area contributed by atoms with Crippen molar-refractivity contribution in [3.8, 4) is 0 Å². The number of nitrogens with two attached hydrogens (primary N) is 1. The molecule has 15 heavy (non-hydrogen) atoms. The van der Waals surface area contributed by atoms with Crippen molar-refractivity contribution in [3.05, 3.63) is 34.3 Å². The molecule has 0 heterocycles. The highest BCUT2D eigenvalue weighted by Crippen LogP contribution is 2.43. The molecule has 0 spiro atoms. The van der Waals surface area contributed by atoms with Crippen LogP contribution in [0, 0.1) is 0 Å². The maximum absolute atomic E-state index is 9.68. The highest BCUT2D eigenvalue weighted by molar-refractivity contribution is 9.10. The van der Waals surface area contributed by atoms with E-state index in [9.17, 15) is 5.11 Å². The summed E-state index contributed by atoms with van der Waals surface area (Å²) in [5, 5.41) is 9.68. The first-order chi connectivity index (χ1) is 7.18. The lowest BCUT2D eigenvalue weighted by molar-refractivity contribution is 0.174. The van der Waals surface area contributed by atoms with Crippen LogP contribution >= 0.6 is 15.9 Å². The topological polar surface area (TPSA) is 46.2 Å². The van der Waals surface area contributed by atoms with Gasteiger partial charge in [0, 0.05) is 16.4 Å². The van der Waals surface area contributed by atoms with Gasteiger partial charge in [0.15, 0.2) is 0 Å². The Morgan fingerprint density at radius 3 is 2.73 bits per heavy atom. The van der Waals surface area contributed by atoms with Gasteiger partial charge in [-0.1, -0.05) is 34.1 Å². The zero-order valence-electron chi connectivity index (χ0n) is 8.62. The van der Waals surface area contributed by atoms with Crippen LogP contribution in [0.3, 0.4) is 0 Å². The Labute approximate surface area is 98.6 Å². The highest BCUT2D eigenvalue weighted by Gasteiger charge is 2.39. The van der Waals surface area contributed by atoms with Gasteiger partial charge in [0.25, 0.3) is 0 Å². The maximum Gasteiger partial charge on any atom is 0.0549 e. The van der Waals surface area contributed by atoms with Crippen LogP contribution in [-0.4, -0.2) is 17.8 Å². The third kappa shape index (κ3) is 1.96. The summed E-state index contributed by atoms with van der Waals surface area (Å²) in [4.78, 5) is 0. The smallest absolute Gasteiger partial charge is 0.0549 e. The Bertz CT molecular complexity index is 355. The van der Waals surface area contributed by atoms with Gasteiger partial charge in [-0.2, -0.15) is 0 Å². The number of hydrogen-bond donors (Lipinski definition) is 2. The molecule has 2 nitrogen and oxygen atoms in total. The van der Waals surface area contributed by atoms with Gasteiger partial charge in [-0.3, -0.25) is 0 Å². The van der Waals surface area contributed by atoms with Crippen LogP contribution in [0.25, 0.3) is 0 Å². The summed E-state index contributed by atoms with van der Waals surface area (Å²) < 4.78 is 1.10. The Hall–Kier alpha value is -0.380. The quantitative estimate of drug-likeness (QED) is 0.865. The molecule has 1 aromatic rings. The fourth-order valence-electron chi connectivity index (χ4n) is 2.53. The molecule has 82 valence electrons. The van der Waals surface area contributed by atoms with E-state index in [0.717, 1.165) is 23.7 Å². The molecule has 0 aromatic heterocycles. The monoisotopic (exact) mass is 269 g/mol. The van der Waals surface area contributed by atoms with E-state index in [2.05, 4.69) is 22.0 Å². The Kier molecular flexibility index (Phi) is 3.14. The van der Waals surface area contributed by atoms with Gasteiger partial charge < -0.3 is 10.8 Å². The van der Waals surface area contributed by atoms with Crippen molar-refractivity contribution in [3.63, 3.8) is 0 Å². The molecule has 1 aromatic carbocycles. The zero-order valence-corrected chi connectivity index (χ0v) is 10.2. The fourth-order valence-corrected chi connectivity index (χ4v) is 3.23. The van der Waals surface area contributed by atoms with E-state index < -0.39 is 0 Å². The molecule has 1 saturated carbocycles. The molecule has 1 aliphatic carbocycles. The van der Waals surface area contributed by atoms with Crippen molar-refractivity contribution in [2.75, 3.05) is 6.54 Å². The molecule has 3 heteroatoms. The minimum absolute atomic E-state index is 0.0283. The Balaban J connectivity index is 2.39. The minimum Gasteiger partial charge on any atom is -0.393 e. The molecule has 0 amide bonds. The molecular weight excluding hydrogens is 254 g/mol. The molecule has 0 radical (unpaired) electrons. The third-order valence-electron chi connectivity index (χ3n) is 3.42. The predicted octanol–water partition coefficient (Wildman–Crippen LogP) is 2.19. The maximum atomic E-state index is 9.68. The second-order valence-electron chi connectivity index (χ2n) is 4.36. The summed E-state index contributed by atoms with van der Waals surface area (Å²) in [5.74, 6) is 0. The summed E-state index contributed by atoms with van der Waals surface area (Å²) in [6.45, 7) is 0.604. The first-order valence-electron chi connectivity index (χ1n) is 5.31. The summed E-state index contributed by atoms with van der Waals surface area (Å²) in [7, 11) is 0. The minimum atomic E-state index is -0.194. The van der Waals surface area contributed by atoms with Crippen LogP contribution in [-0.2, 0) is 5.41 Å². The van der Waals surface area contributed by atoms with Gasteiger partial charge in [0.1, 0.15) is 0 Å².